The second-order valence-electron chi connectivity index (χ2n) is 6.64. The van der Waals surface area contributed by atoms with Crippen LogP contribution in [0.25, 0.3) is 5.69 Å². The van der Waals surface area contributed by atoms with Crippen molar-refractivity contribution in [2.24, 2.45) is 5.73 Å². The predicted molar refractivity (Wildman–Crippen MR) is 108 cm³/mol. The molecule has 0 aliphatic carbocycles. The van der Waals surface area contributed by atoms with E-state index in [1.54, 1.807) is 13.0 Å². The highest BCUT2D eigenvalue weighted by atomic mass is 16.6. The minimum atomic E-state index is -0.516. The maximum atomic E-state index is 13.2. The van der Waals surface area contributed by atoms with Crippen LogP contribution >= 0.6 is 0 Å². The van der Waals surface area contributed by atoms with Crippen molar-refractivity contribution in [2.45, 2.75) is 19.9 Å². The van der Waals surface area contributed by atoms with Gasteiger partial charge in [-0.1, -0.05) is 41.6 Å². The third-order valence-corrected chi connectivity index (χ3v) is 4.51. The third kappa shape index (κ3) is 4.66. The van der Waals surface area contributed by atoms with Crippen LogP contribution in [-0.4, -0.2) is 43.2 Å². The molecule has 0 saturated heterocycles. The van der Waals surface area contributed by atoms with Crippen LogP contribution in [0.15, 0.2) is 54.6 Å². The van der Waals surface area contributed by atoms with Crippen LogP contribution in [0.5, 0.6) is 0 Å². The summed E-state index contributed by atoms with van der Waals surface area (Å²) in [5.41, 5.74) is 6.99. The summed E-state index contributed by atoms with van der Waals surface area (Å²) < 4.78 is 1.37. The van der Waals surface area contributed by atoms with Crippen molar-refractivity contribution in [2.75, 3.05) is 6.54 Å². The maximum absolute atomic E-state index is 13.2. The first-order chi connectivity index (χ1) is 14.4. The van der Waals surface area contributed by atoms with E-state index in [1.807, 2.05) is 30.3 Å². The third-order valence-electron chi connectivity index (χ3n) is 4.51. The van der Waals surface area contributed by atoms with E-state index in [9.17, 15) is 19.7 Å². The lowest BCUT2D eigenvalue weighted by molar-refractivity contribution is -0.384. The molecule has 1 heterocycles. The van der Waals surface area contributed by atoms with Gasteiger partial charge in [0.15, 0.2) is 5.69 Å². The molecule has 0 saturated carbocycles. The molecule has 2 amide bonds. The molecule has 0 unspecified atom stereocenters. The van der Waals surface area contributed by atoms with Gasteiger partial charge in [0.05, 0.1) is 16.3 Å². The number of hydrogen-bond donors (Lipinski definition) is 1. The smallest absolute Gasteiger partial charge is 0.276 e. The number of nitro benzene ring substituents is 1. The first-order valence-electron chi connectivity index (χ1n) is 9.15. The van der Waals surface area contributed by atoms with E-state index in [1.165, 1.54) is 27.8 Å². The Kier molecular flexibility index (Phi) is 6.16. The van der Waals surface area contributed by atoms with E-state index in [4.69, 9.17) is 5.73 Å². The molecule has 0 atom stereocenters. The van der Waals surface area contributed by atoms with Crippen LogP contribution < -0.4 is 5.73 Å². The van der Waals surface area contributed by atoms with Gasteiger partial charge in [-0.15, -0.1) is 5.10 Å². The predicted octanol–water partition coefficient (Wildman–Crippen LogP) is 2.00. The Hall–Kier alpha value is -4.08. The number of rotatable bonds is 8. The standard InChI is InChI=1S/C20H20N6O4/c1-14-19(22-23-25(14)16-8-5-9-17(12-16)26(29)30)20(28)24(11-10-18(21)27)13-15-6-3-2-4-7-15/h2-9,12H,10-11,13H2,1H3,(H2,21,27). The topological polar surface area (TPSA) is 137 Å². The zero-order chi connectivity index (χ0) is 21.7. The number of hydrogen-bond acceptors (Lipinski definition) is 6. The van der Waals surface area contributed by atoms with Gasteiger partial charge in [0.25, 0.3) is 11.6 Å². The first-order valence-corrected chi connectivity index (χ1v) is 9.15. The van der Waals surface area contributed by atoms with Crippen LogP contribution in [-0.2, 0) is 11.3 Å². The molecule has 3 aromatic rings. The molecule has 1 aromatic heterocycles. The fourth-order valence-corrected chi connectivity index (χ4v) is 2.96. The second-order valence-corrected chi connectivity index (χ2v) is 6.64. The highest BCUT2D eigenvalue weighted by molar-refractivity contribution is 5.93. The molecule has 0 bridgehead atoms. The number of nitro groups is 1. The van der Waals surface area contributed by atoms with E-state index in [0.29, 0.717) is 11.4 Å². The molecule has 154 valence electrons. The van der Waals surface area contributed by atoms with E-state index < -0.39 is 16.7 Å². The Morgan fingerprint density at radius 2 is 1.90 bits per heavy atom. The van der Waals surface area contributed by atoms with Crippen LogP contribution in [0.1, 0.15) is 28.2 Å². The number of nitrogens with zero attached hydrogens (tertiary/aromatic N) is 5. The fraction of sp³-hybridized carbons (Fsp3) is 0.200. The van der Waals surface area contributed by atoms with Crippen molar-refractivity contribution in [3.05, 3.63) is 81.7 Å². The molecule has 2 aromatic carbocycles. The maximum Gasteiger partial charge on any atom is 0.276 e. The Morgan fingerprint density at radius 1 is 1.17 bits per heavy atom. The Labute approximate surface area is 172 Å². The first kappa shape index (κ1) is 20.6. The number of amides is 2. The summed E-state index contributed by atoms with van der Waals surface area (Å²) in [5, 5.41) is 19.0. The number of primary amides is 1. The molecule has 0 radical (unpaired) electrons. The van der Waals surface area contributed by atoms with E-state index in [-0.39, 0.29) is 30.9 Å². The molecule has 10 heteroatoms. The van der Waals surface area contributed by atoms with Crippen molar-refractivity contribution < 1.29 is 14.5 Å². The van der Waals surface area contributed by atoms with Crippen molar-refractivity contribution in [1.82, 2.24) is 19.9 Å². The largest absolute Gasteiger partial charge is 0.370 e. The molecular formula is C20H20N6O4. The lowest BCUT2D eigenvalue weighted by Crippen LogP contribution is -2.34. The summed E-state index contributed by atoms with van der Waals surface area (Å²) in [7, 11) is 0. The molecule has 30 heavy (non-hydrogen) atoms. The molecule has 2 N–H and O–H groups in total. The van der Waals surface area contributed by atoms with Gasteiger partial charge in [0, 0.05) is 31.6 Å². The van der Waals surface area contributed by atoms with Gasteiger partial charge in [-0.25, -0.2) is 4.68 Å². The summed E-state index contributed by atoms with van der Waals surface area (Å²) in [6, 6.07) is 15.2. The molecule has 3 rings (SSSR count). The van der Waals surface area contributed by atoms with Gasteiger partial charge in [-0.2, -0.15) is 0 Å². The van der Waals surface area contributed by atoms with Crippen LogP contribution in [0.3, 0.4) is 0 Å². The molecule has 0 spiro atoms. The highest BCUT2D eigenvalue weighted by Gasteiger charge is 2.24. The number of carbonyl (C=O) groups excluding carboxylic acids is 2. The molecule has 0 aliphatic heterocycles. The number of benzene rings is 2. The van der Waals surface area contributed by atoms with Gasteiger partial charge < -0.3 is 10.6 Å². The average molecular weight is 408 g/mol. The zero-order valence-electron chi connectivity index (χ0n) is 16.3. The summed E-state index contributed by atoms with van der Waals surface area (Å²) in [6.45, 7) is 2.06. The molecule has 10 nitrogen and oxygen atoms in total. The van der Waals surface area contributed by atoms with Crippen molar-refractivity contribution >= 4 is 17.5 Å². The normalized spacial score (nSPS) is 10.6. The summed E-state index contributed by atoms with van der Waals surface area (Å²) in [6.07, 6.45) is 0.0106. The van der Waals surface area contributed by atoms with Gasteiger partial charge >= 0.3 is 0 Å². The van der Waals surface area contributed by atoms with E-state index in [2.05, 4.69) is 10.3 Å². The zero-order valence-corrected chi connectivity index (χ0v) is 16.3. The highest BCUT2D eigenvalue weighted by Crippen LogP contribution is 2.19. The minimum absolute atomic E-state index is 0.0106. The van der Waals surface area contributed by atoms with Crippen LogP contribution in [0.4, 0.5) is 5.69 Å². The fourth-order valence-electron chi connectivity index (χ4n) is 2.96. The summed E-state index contributed by atoms with van der Waals surface area (Å²) >= 11 is 0. The number of nitrogens with two attached hydrogens (primary N) is 1. The van der Waals surface area contributed by atoms with Crippen LogP contribution in [0.2, 0.25) is 0 Å². The van der Waals surface area contributed by atoms with Crippen LogP contribution in [0, 0.1) is 17.0 Å². The van der Waals surface area contributed by atoms with Gasteiger partial charge in [-0.3, -0.25) is 19.7 Å². The molecular weight excluding hydrogens is 388 g/mol. The molecule has 0 aliphatic rings. The van der Waals surface area contributed by atoms with Crippen molar-refractivity contribution in [3.63, 3.8) is 0 Å². The van der Waals surface area contributed by atoms with Gasteiger partial charge in [0.1, 0.15) is 0 Å². The summed E-state index contributed by atoms with van der Waals surface area (Å²) in [5.74, 6) is -0.924. The van der Waals surface area contributed by atoms with E-state index in [0.717, 1.165) is 5.56 Å². The SMILES string of the molecule is Cc1c(C(=O)N(CCC(N)=O)Cc2ccccc2)nnn1-c1cccc([N+](=O)[O-])c1. The Morgan fingerprint density at radius 3 is 2.57 bits per heavy atom. The van der Waals surface area contributed by atoms with Gasteiger partial charge in [-0.05, 0) is 18.6 Å². The Bertz CT molecular complexity index is 1080. The monoisotopic (exact) mass is 408 g/mol. The quantitative estimate of drug-likeness (QED) is 0.447. The summed E-state index contributed by atoms with van der Waals surface area (Å²) in [4.78, 5) is 36.4. The Balaban J connectivity index is 1.90. The molecule has 0 fully saturated rings. The second kappa shape index (κ2) is 8.95. The number of carbonyl (C=O) groups is 2. The lowest BCUT2D eigenvalue weighted by Gasteiger charge is -2.21. The minimum Gasteiger partial charge on any atom is -0.370 e. The average Bonchev–Trinajstić information content (AvgIpc) is 3.12. The number of aromatic nitrogens is 3. The lowest BCUT2D eigenvalue weighted by atomic mass is 10.2. The van der Waals surface area contributed by atoms with E-state index >= 15 is 0 Å². The van der Waals surface area contributed by atoms with Crippen molar-refractivity contribution in [3.8, 4) is 5.69 Å². The number of non-ortho nitro benzene ring substituents is 1. The van der Waals surface area contributed by atoms with Gasteiger partial charge in [0.2, 0.25) is 5.91 Å². The van der Waals surface area contributed by atoms with Crippen molar-refractivity contribution in [1.29, 1.82) is 0 Å².